The van der Waals surface area contributed by atoms with E-state index in [4.69, 9.17) is 4.74 Å². The standard InChI is InChI=1S/C17H19NO/c1-19-15-8-6-13(7-9-15)12-17-16-5-3-2-4-14(16)10-11-18-17/h6-11H,2-5,12H2,1H3. The van der Waals surface area contributed by atoms with Crippen molar-refractivity contribution < 1.29 is 4.74 Å². The third kappa shape index (κ3) is 2.62. The molecule has 0 unspecified atom stereocenters. The maximum Gasteiger partial charge on any atom is 0.118 e. The van der Waals surface area contributed by atoms with Crippen molar-refractivity contribution in [3.8, 4) is 5.75 Å². The van der Waals surface area contributed by atoms with E-state index < -0.39 is 0 Å². The highest BCUT2D eigenvalue weighted by Crippen LogP contribution is 2.25. The molecule has 1 aromatic heterocycles. The van der Waals surface area contributed by atoms with Crippen LogP contribution in [0.3, 0.4) is 0 Å². The summed E-state index contributed by atoms with van der Waals surface area (Å²) in [6.07, 6.45) is 7.91. The first-order valence-corrected chi connectivity index (χ1v) is 6.95. The third-order valence-corrected chi connectivity index (χ3v) is 3.90. The van der Waals surface area contributed by atoms with E-state index in [9.17, 15) is 0 Å². The average molecular weight is 253 g/mol. The van der Waals surface area contributed by atoms with Crippen molar-refractivity contribution in [2.24, 2.45) is 0 Å². The van der Waals surface area contributed by atoms with E-state index in [1.54, 1.807) is 7.11 Å². The van der Waals surface area contributed by atoms with Crippen LogP contribution in [0.4, 0.5) is 0 Å². The Kier molecular flexibility index (Phi) is 3.49. The molecule has 2 nitrogen and oxygen atoms in total. The van der Waals surface area contributed by atoms with Crippen molar-refractivity contribution >= 4 is 0 Å². The van der Waals surface area contributed by atoms with Crippen LogP contribution >= 0.6 is 0 Å². The summed E-state index contributed by atoms with van der Waals surface area (Å²) in [4.78, 5) is 4.60. The quantitative estimate of drug-likeness (QED) is 0.834. The van der Waals surface area contributed by atoms with E-state index in [2.05, 4.69) is 23.2 Å². The van der Waals surface area contributed by atoms with Crippen LogP contribution in [0.15, 0.2) is 36.5 Å². The molecule has 2 heteroatoms. The summed E-state index contributed by atoms with van der Waals surface area (Å²) in [5.41, 5.74) is 5.55. The number of nitrogens with zero attached hydrogens (tertiary/aromatic N) is 1. The molecule has 0 atom stereocenters. The molecule has 1 heterocycles. The van der Waals surface area contributed by atoms with Gasteiger partial charge in [0.15, 0.2) is 0 Å². The van der Waals surface area contributed by atoms with Crippen LogP contribution in [-0.2, 0) is 19.3 Å². The topological polar surface area (TPSA) is 22.1 Å². The molecule has 0 radical (unpaired) electrons. The van der Waals surface area contributed by atoms with Gasteiger partial charge in [-0.25, -0.2) is 0 Å². The molecule has 2 aromatic rings. The van der Waals surface area contributed by atoms with Crippen molar-refractivity contribution in [3.63, 3.8) is 0 Å². The predicted molar refractivity (Wildman–Crippen MR) is 76.7 cm³/mol. The summed E-state index contributed by atoms with van der Waals surface area (Å²) in [5, 5.41) is 0. The SMILES string of the molecule is COc1ccc(Cc2nccc3c2CCCC3)cc1. The highest BCUT2D eigenvalue weighted by atomic mass is 16.5. The van der Waals surface area contributed by atoms with Gasteiger partial charge in [-0.2, -0.15) is 0 Å². The second-order valence-corrected chi connectivity index (χ2v) is 5.13. The Balaban J connectivity index is 1.86. The maximum absolute atomic E-state index is 5.19. The Morgan fingerprint density at radius 2 is 1.84 bits per heavy atom. The molecule has 1 aromatic carbocycles. The fourth-order valence-electron chi connectivity index (χ4n) is 2.83. The lowest BCUT2D eigenvalue weighted by Gasteiger charge is -2.18. The number of ether oxygens (including phenoxy) is 1. The Bertz CT molecular complexity index is 560. The Morgan fingerprint density at radius 3 is 2.63 bits per heavy atom. The van der Waals surface area contributed by atoms with Crippen molar-refractivity contribution in [2.75, 3.05) is 7.11 Å². The van der Waals surface area contributed by atoms with Crippen molar-refractivity contribution in [1.29, 1.82) is 0 Å². The molecule has 0 fully saturated rings. The van der Waals surface area contributed by atoms with Crippen LogP contribution in [0.2, 0.25) is 0 Å². The first kappa shape index (κ1) is 12.2. The van der Waals surface area contributed by atoms with Gasteiger partial charge in [-0.1, -0.05) is 12.1 Å². The molecule has 0 saturated heterocycles. The number of benzene rings is 1. The van der Waals surface area contributed by atoms with E-state index >= 15 is 0 Å². The van der Waals surface area contributed by atoms with Crippen LogP contribution in [-0.4, -0.2) is 12.1 Å². The smallest absolute Gasteiger partial charge is 0.118 e. The molecule has 0 saturated carbocycles. The second kappa shape index (κ2) is 5.43. The van der Waals surface area contributed by atoms with Crippen LogP contribution in [0, 0.1) is 0 Å². The summed E-state index contributed by atoms with van der Waals surface area (Å²) in [6.45, 7) is 0. The van der Waals surface area contributed by atoms with E-state index in [-0.39, 0.29) is 0 Å². The number of fused-ring (bicyclic) bond motifs is 1. The molecule has 3 rings (SSSR count). The van der Waals surface area contributed by atoms with Gasteiger partial charge < -0.3 is 4.74 Å². The molecule has 0 spiro atoms. The average Bonchev–Trinajstić information content (AvgIpc) is 2.48. The second-order valence-electron chi connectivity index (χ2n) is 5.13. The summed E-state index contributed by atoms with van der Waals surface area (Å²) in [7, 11) is 1.70. The highest BCUT2D eigenvalue weighted by Gasteiger charge is 2.14. The zero-order chi connectivity index (χ0) is 13.1. The largest absolute Gasteiger partial charge is 0.497 e. The van der Waals surface area contributed by atoms with Gasteiger partial charge in [-0.05, 0) is 60.6 Å². The van der Waals surface area contributed by atoms with E-state index in [0.29, 0.717) is 0 Å². The fraction of sp³-hybridized carbons (Fsp3) is 0.353. The molecule has 0 bridgehead atoms. The van der Waals surface area contributed by atoms with Gasteiger partial charge in [-0.15, -0.1) is 0 Å². The van der Waals surface area contributed by atoms with Crippen LogP contribution < -0.4 is 4.74 Å². The molecule has 19 heavy (non-hydrogen) atoms. The fourth-order valence-corrected chi connectivity index (χ4v) is 2.83. The molecular weight excluding hydrogens is 234 g/mol. The predicted octanol–water partition coefficient (Wildman–Crippen LogP) is 3.56. The number of aryl methyl sites for hydroxylation is 1. The number of hydrogen-bond donors (Lipinski definition) is 0. The van der Waals surface area contributed by atoms with Gasteiger partial charge in [0.05, 0.1) is 7.11 Å². The van der Waals surface area contributed by atoms with E-state index in [1.807, 2.05) is 18.3 Å². The van der Waals surface area contributed by atoms with Crippen LogP contribution in [0.25, 0.3) is 0 Å². The number of hydrogen-bond acceptors (Lipinski definition) is 2. The molecule has 1 aliphatic carbocycles. The Hall–Kier alpha value is -1.83. The number of rotatable bonds is 3. The first-order valence-electron chi connectivity index (χ1n) is 6.95. The van der Waals surface area contributed by atoms with Gasteiger partial charge in [0.2, 0.25) is 0 Å². The lowest BCUT2D eigenvalue weighted by molar-refractivity contribution is 0.414. The molecule has 0 N–H and O–H groups in total. The van der Waals surface area contributed by atoms with Gasteiger partial charge in [0, 0.05) is 18.3 Å². The zero-order valence-corrected chi connectivity index (χ0v) is 11.4. The van der Waals surface area contributed by atoms with Crippen LogP contribution in [0.1, 0.15) is 35.2 Å². The van der Waals surface area contributed by atoms with Gasteiger partial charge in [-0.3, -0.25) is 4.98 Å². The first-order chi connectivity index (χ1) is 9.36. The number of methoxy groups -OCH3 is 1. The number of pyridine rings is 1. The lowest BCUT2D eigenvalue weighted by atomic mass is 9.89. The van der Waals surface area contributed by atoms with E-state index in [0.717, 1.165) is 12.2 Å². The van der Waals surface area contributed by atoms with Crippen molar-refractivity contribution in [2.45, 2.75) is 32.1 Å². The van der Waals surface area contributed by atoms with Crippen molar-refractivity contribution in [1.82, 2.24) is 4.98 Å². The zero-order valence-electron chi connectivity index (χ0n) is 11.4. The minimum atomic E-state index is 0.909. The van der Waals surface area contributed by atoms with Gasteiger partial charge in [0.1, 0.15) is 5.75 Å². The molecule has 1 aliphatic rings. The molecule has 0 amide bonds. The van der Waals surface area contributed by atoms with Gasteiger partial charge >= 0.3 is 0 Å². The summed E-state index contributed by atoms with van der Waals surface area (Å²) < 4.78 is 5.19. The third-order valence-electron chi connectivity index (χ3n) is 3.90. The Morgan fingerprint density at radius 1 is 1.05 bits per heavy atom. The minimum Gasteiger partial charge on any atom is -0.497 e. The molecule has 98 valence electrons. The summed E-state index contributed by atoms with van der Waals surface area (Å²) in [5.74, 6) is 0.909. The summed E-state index contributed by atoms with van der Waals surface area (Å²) in [6, 6.07) is 10.5. The lowest BCUT2D eigenvalue weighted by Crippen LogP contribution is -2.08. The maximum atomic E-state index is 5.19. The monoisotopic (exact) mass is 253 g/mol. The van der Waals surface area contributed by atoms with Gasteiger partial charge in [0.25, 0.3) is 0 Å². The molecular formula is C17H19NO. The molecule has 0 aliphatic heterocycles. The van der Waals surface area contributed by atoms with Crippen molar-refractivity contribution in [3.05, 3.63) is 58.9 Å². The highest BCUT2D eigenvalue weighted by molar-refractivity contribution is 5.36. The normalized spacial score (nSPS) is 13.9. The summed E-state index contributed by atoms with van der Waals surface area (Å²) >= 11 is 0. The van der Waals surface area contributed by atoms with E-state index in [1.165, 1.54) is 48.1 Å². The number of aromatic nitrogens is 1. The van der Waals surface area contributed by atoms with Crippen LogP contribution in [0.5, 0.6) is 5.75 Å². The minimum absolute atomic E-state index is 0.909. The Labute approximate surface area is 114 Å².